The number of carbonyl (C=O) groups is 1. The minimum atomic E-state index is -0.483. The molecular formula is C28H21N3O4S. The summed E-state index contributed by atoms with van der Waals surface area (Å²) >= 11 is 1.50. The minimum absolute atomic E-state index is 0.146. The summed E-state index contributed by atoms with van der Waals surface area (Å²) in [6.45, 7) is 1.98. The summed E-state index contributed by atoms with van der Waals surface area (Å²) < 4.78 is 7.02. The smallest absolute Gasteiger partial charge is 0.311 e. The van der Waals surface area contributed by atoms with Gasteiger partial charge in [-0.05, 0) is 42.3 Å². The van der Waals surface area contributed by atoms with Crippen molar-refractivity contribution < 1.29 is 14.5 Å². The Balaban J connectivity index is 1.50. The molecule has 0 spiro atoms. The molecule has 0 aliphatic carbocycles. The van der Waals surface area contributed by atoms with Gasteiger partial charge in [0, 0.05) is 28.3 Å². The number of ether oxygens (including phenoxy) is 1. The maximum atomic E-state index is 13.0. The molecule has 0 saturated heterocycles. The molecule has 2 heterocycles. The van der Waals surface area contributed by atoms with Gasteiger partial charge < -0.3 is 4.74 Å². The number of nitro groups is 1. The van der Waals surface area contributed by atoms with E-state index >= 15 is 0 Å². The van der Waals surface area contributed by atoms with Gasteiger partial charge in [-0.2, -0.15) is 0 Å². The van der Waals surface area contributed by atoms with Gasteiger partial charge in [-0.15, -0.1) is 11.3 Å². The van der Waals surface area contributed by atoms with Crippen LogP contribution in [0.3, 0.4) is 0 Å². The van der Waals surface area contributed by atoms with Gasteiger partial charge in [-0.25, -0.2) is 4.98 Å². The number of aromatic nitrogens is 2. The van der Waals surface area contributed by atoms with Crippen LogP contribution in [0.2, 0.25) is 0 Å². The number of nitrogens with zero attached hydrogens (tertiary/aromatic N) is 3. The number of hydrogen-bond donors (Lipinski definition) is 0. The van der Waals surface area contributed by atoms with Crippen LogP contribution in [0.5, 0.6) is 5.75 Å². The standard InChI is InChI=1S/C28H21N3O4S/c1-18-17-30-23(13-14-25(32)21-10-8-20(9-11-21)19-6-4-3-5-7-19)27(29-28(30)36-18)22-12-15-26(35-2)24(16-22)31(33)34/h3-17H,1-2H3. The number of hydrogen-bond acceptors (Lipinski definition) is 6. The molecule has 0 aliphatic rings. The number of fused-ring (bicyclic) bond motifs is 1. The van der Waals surface area contributed by atoms with Crippen LogP contribution in [0.4, 0.5) is 5.69 Å². The van der Waals surface area contributed by atoms with E-state index in [4.69, 9.17) is 9.72 Å². The molecule has 0 saturated carbocycles. The van der Waals surface area contributed by atoms with Gasteiger partial charge in [0.1, 0.15) is 0 Å². The van der Waals surface area contributed by atoms with Crippen LogP contribution >= 0.6 is 11.3 Å². The molecule has 0 fully saturated rings. The highest BCUT2D eigenvalue weighted by atomic mass is 32.1. The number of imidazole rings is 1. The van der Waals surface area contributed by atoms with Crippen LogP contribution in [-0.4, -0.2) is 27.2 Å². The van der Waals surface area contributed by atoms with Crippen molar-refractivity contribution in [2.75, 3.05) is 7.11 Å². The average molecular weight is 496 g/mol. The first-order valence-corrected chi connectivity index (χ1v) is 12.0. The fraction of sp³-hybridized carbons (Fsp3) is 0.0714. The molecule has 0 aliphatic heterocycles. The van der Waals surface area contributed by atoms with Crippen LogP contribution in [0.15, 0.2) is 85.1 Å². The van der Waals surface area contributed by atoms with Crippen molar-refractivity contribution in [2.24, 2.45) is 0 Å². The van der Waals surface area contributed by atoms with E-state index in [1.54, 1.807) is 18.2 Å². The van der Waals surface area contributed by atoms with Crippen LogP contribution < -0.4 is 4.74 Å². The molecule has 178 valence electrons. The largest absolute Gasteiger partial charge is 0.490 e. The second-order valence-electron chi connectivity index (χ2n) is 8.12. The number of methoxy groups -OCH3 is 1. The number of carbonyl (C=O) groups excluding carboxylic acids is 1. The van der Waals surface area contributed by atoms with E-state index in [-0.39, 0.29) is 17.2 Å². The molecular weight excluding hydrogens is 474 g/mol. The lowest BCUT2D eigenvalue weighted by molar-refractivity contribution is -0.385. The first-order valence-electron chi connectivity index (χ1n) is 11.1. The molecule has 0 unspecified atom stereocenters. The van der Waals surface area contributed by atoms with Crippen molar-refractivity contribution in [3.8, 4) is 28.1 Å². The zero-order valence-corrected chi connectivity index (χ0v) is 20.4. The summed E-state index contributed by atoms with van der Waals surface area (Å²) in [6, 6.07) is 22.2. The highest BCUT2D eigenvalue weighted by molar-refractivity contribution is 7.17. The number of rotatable bonds is 7. The van der Waals surface area contributed by atoms with E-state index in [2.05, 4.69) is 0 Å². The third-order valence-corrected chi connectivity index (χ3v) is 6.69. The SMILES string of the molecule is COc1ccc(-c2nc3sc(C)cn3c2C=CC(=O)c2ccc(-c3ccccc3)cc2)cc1[N+](=O)[O-]. The van der Waals surface area contributed by atoms with Crippen molar-refractivity contribution in [3.05, 3.63) is 111 Å². The number of aryl methyl sites for hydroxylation is 1. The Morgan fingerprint density at radius 3 is 2.42 bits per heavy atom. The van der Waals surface area contributed by atoms with Gasteiger partial charge >= 0.3 is 5.69 Å². The Labute approximate surface area is 211 Å². The van der Waals surface area contributed by atoms with Gasteiger partial charge in [0.25, 0.3) is 0 Å². The molecule has 5 rings (SSSR count). The predicted octanol–water partition coefficient (Wildman–Crippen LogP) is 6.85. The van der Waals surface area contributed by atoms with Gasteiger partial charge in [0.15, 0.2) is 16.5 Å². The quantitative estimate of drug-likeness (QED) is 0.107. The highest BCUT2D eigenvalue weighted by Crippen LogP contribution is 2.35. The molecule has 0 amide bonds. The molecule has 0 atom stereocenters. The normalized spacial score (nSPS) is 11.3. The van der Waals surface area contributed by atoms with Crippen molar-refractivity contribution in [1.82, 2.24) is 9.38 Å². The second-order valence-corrected chi connectivity index (χ2v) is 9.34. The van der Waals surface area contributed by atoms with Crippen molar-refractivity contribution in [3.63, 3.8) is 0 Å². The molecule has 3 aromatic carbocycles. The van der Waals surface area contributed by atoms with Gasteiger partial charge in [0.05, 0.1) is 23.4 Å². The van der Waals surface area contributed by atoms with E-state index in [1.165, 1.54) is 30.6 Å². The first-order chi connectivity index (χ1) is 17.4. The van der Waals surface area contributed by atoms with Gasteiger partial charge in [-0.3, -0.25) is 19.3 Å². The lowest BCUT2D eigenvalue weighted by Gasteiger charge is -2.05. The summed E-state index contributed by atoms with van der Waals surface area (Å²) in [5, 5.41) is 11.5. The topological polar surface area (TPSA) is 86.7 Å². The first kappa shape index (κ1) is 23.2. The molecule has 0 radical (unpaired) electrons. The van der Waals surface area contributed by atoms with Crippen molar-refractivity contribution in [2.45, 2.75) is 6.92 Å². The summed E-state index contributed by atoms with van der Waals surface area (Å²) in [7, 11) is 1.39. The van der Waals surface area contributed by atoms with E-state index in [0.29, 0.717) is 22.5 Å². The lowest BCUT2D eigenvalue weighted by atomic mass is 10.0. The molecule has 8 heteroatoms. The molecule has 5 aromatic rings. The maximum Gasteiger partial charge on any atom is 0.311 e. The van der Waals surface area contributed by atoms with E-state index in [9.17, 15) is 14.9 Å². The van der Waals surface area contributed by atoms with Crippen LogP contribution in [0, 0.1) is 17.0 Å². The Morgan fingerprint density at radius 2 is 1.72 bits per heavy atom. The Bertz CT molecular complexity index is 1620. The zero-order valence-electron chi connectivity index (χ0n) is 19.5. The molecule has 2 aromatic heterocycles. The number of ketones is 1. The fourth-order valence-corrected chi connectivity index (χ4v) is 4.87. The van der Waals surface area contributed by atoms with Gasteiger partial charge in [0.2, 0.25) is 0 Å². The number of benzene rings is 3. The summed E-state index contributed by atoms with van der Waals surface area (Å²) in [5.74, 6) is 0.0232. The molecule has 0 bridgehead atoms. The summed E-state index contributed by atoms with van der Waals surface area (Å²) in [5.41, 5.74) is 4.32. The van der Waals surface area contributed by atoms with Crippen LogP contribution in [0.25, 0.3) is 33.4 Å². The number of nitro benzene ring substituents is 1. The van der Waals surface area contributed by atoms with E-state index < -0.39 is 4.92 Å². The molecule has 7 nitrogen and oxygen atoms in total. The minimum Gasteiger partial charge on any atom is -0.490 e. The second kappa shape index (κ2) is 9.59. The summed E-state index contributed by atoms with van der Waals surface area (Å²) in [4.78, 5) is 30.6. The van der Waals surface area contributed by atoms with Crippen molar-refractivity contribution >= 4 is 33.8 Å². The van der Waals surface area contributed by atoms with E-state index in [0.717, 1.165) is 21.0 Å². The number of allylic oxidation sites excluding steroid dienone is 1. The monoisotopic (exact) mass is 495 g/mol. The highest BCUT2D eigenvalue weighted by Gasteiger charge is 2.20. The van der Waals surface area contributed by atoms with Crippen LogP contribution in [-0.2, 0) is 0 Å². The Kier molecular flexibility index (Phi) is 6.18. The fourth-order valence-electron chi connectivity index (χ4n) is 4.03. The van der Waals surface area contributed by atoms with Gasteiger partial charge in [-0.1, -0.05) is 54.6 Å². The molecule has 0 N–H and O–H groups in total. The molecule has 36 heavy (non-hydrogen) atoms. The third-order valence-electron chi connectivity index (χ3n) is 5.80. The average Bonchev–Trinajstić information content (AvgIpc) is 3.43. The Morgan fingerprint density at radius 1 is 1.03 bits per heavy atom. The number of thiazole rings is 1. The summed E-state index contributed by atoms with van der Waals surface area (Å²) in [6.07, 6.45) is 5.16. The lowest BCUT2D eigenvalue weighted by Crippen LogP contribution is -1.96. The van der Waals surface area contributed by atoms with E-state index in [1.807, 2.05) is 72.1 Å². The Hall–Kier alpha value is -4.56. The van der Waals surface area contributed by atoms with Crippen LogP contribution in [0.1, 0.15) is 20.9 Å². The predicted molar refractivity (Wildman–Crippen MR) is 142 cm³/mol. The third kappa shape index (κ3) is 4.42. The van der Waals surface area contributed by atoms with Crippen molar-refractivity contribution in [1.29, 1.82) is 0 Å². The maximum absolute atomic E-state index is 13.0. The zero-order chi connectivity index (χ0) is 25.2.